The fourth-order valence-corrected chi connectivity index (χ4v) is 1.64. The number of aliphatic hydroxyl groups is 1. The van der Waals surface area contributed by atoms with Crippen molar-refractivity contribution in [3.05, 3.63) is 35.8 Å². The minimum atomic E-state index is -0.695. The van der Waals surface area contributed by atoms with Gasteiger partial charge in [-0.2, -0.15) is 0 Å². The molecule has 5 heteroatoms. The number of hydrogen-bond acceptors (Lipinski definition) is 2. The lowest BCUT2D eigenvalue weighted by atomic mass is 10.1. The average molecular weight is 250 g/mol. The number of halogens is 1. The monoisotopic (exact) mass is 250 g/mol. The number of rotatable bonds is 3. The van der Waals surface area contributed by atoms with Crippen molar-refractivity contribution in [3.63, 3.8) is 0 Å². The summed E-state index contributed by atoms with van der Waals surface area (Å²) < 4.78 is 13.0. The van der Waals surface area contributed by atoms with Crippen molar-refractivity contribution in [1.29, 1.82) is 0 Å². The van der Waals surface area contributed by atoms with Crippen molar-refractivity contribution in [1.82, 2.24) is 10.3 Å². The van der Waals surface area contributed by atoms with Crippen LogP contribution in [0.4, 0.5) is 4.39 Å². The molecule has 1 aromatic heterocycles. The molecule has 0 saturated carbocycles. The van der Waals surface area contributed by atoms with Crippen molar-refractivity contribution in [2.45, 2.75) is 19.4 Å². The first-order valence-electron chi connectivity index (χ1n) is 5.63. The van der Waals surface area contributed by atoms with Crippen molar-refractivity contribution in [3.8, 4) is 0 Å². The number of benzene rings is 1. The lowest BCUT2D eigenvalue weighted by Gasteiger charge is -2.22. The molecule has 2 rings (SSSR count). The third kappa shape index (κ3) is 2.51. The van der Waals surface area contributed by atoms with Crippen molar-refractivity contribution in [2.24, 2.45) is 0 Å². The van der Waals surface area contributed by atoms with E-state index in [-0.39, 0.29) is 18.3 Å². The number of carbonyl (C=O) groups is 1. The molecule has 0 aliphatic carbocycles. The Labute approximate surface area is 104 Å². The summed E-state index contributed by atoms with van der Waals surface area (Å²) >= 11 is 0. The second-order valence-corrected chi connectivity index (χ2v) is 4.91. The van der Waals surface area contributed by atoms with Gasteiger partial charge in [0.25, 0.3) is 5.91 Å². The molecule has 0 bridgehead atoms. The predicted octanol–water partition coefficient (Wildman–Crippen LogP) is 1.81. The summed E-state index contributed by atoms with van der Waals surface area (Å²) in [5, 5.41) is 12.4. The Hall–Kier alpha value is -1.88. The summed E-state index contributed by atoms with van der Waals surface area (Å²) in [6, 6.07) is 5.86. The quantitative estimate of drug-likeness (QED) is 0.777. The highest BCUT2D eigenvalue weighted by molar-refractivity contribution is 5.98. The SMILES string of the molecule is CC(C)(CO)NC(=O)c1cc2cc(F)ccc2[nH]1. The molecule has 0 atom stereocenters. The largest absolute Gasteiger partial charge is 0.394 e. The van der Waals surface area contributed by atoms with Crippen LogP contribution in [0.15, 0.2) is 24.3 Å². The van der Waals surface area contributed by atoms with Crippen LogP contribution in [0.25, 0.3) is 10.9 Å². The number of amides is 1. The number of carbonyl (C=O) groups excluding carboxylic acids is 1. The second-order valence-electron chi connectivity index (χ2n) is 4.91. The van der Waals surface area contributed by atoms with Crippen LogP contribution < -0.4 is 5.32 Å². The summed E-state index contributed by atoms with van der Waals surface area (Å²) in [5.41, 5.74) is 0.347. The molecule has 4 nitrogen and oxygen atoms in total. The van der Waals surface area contributed by atoms with E-state index in [0.29, 0.717) is 16.6 Å². The topological polar surface area (TPSA) is 65.1 Å². The van der Waals surface area contributed by atoms with Gasteiger partial charge >= 0.3 is 0 Å². The molecule has 0 aliphatic rings. The normalized spacial score (nSPS) is 11.8. The van der Waals surface area contributed by atoms with Crippen molar-refractivity contribution >= 4 is 16.8 Å². The molecule has 3 N–H and O–H groups in total. The Balaban J connectivity index is 2.28. The minimum absolute atomic E-state index is 0.159. The van der Waals surface area contributed by atoms with Gasteiger partial charge in [0.2, 0.25) is 0 Å². The molecule has 1 heterocycles. The van der Waals surface area contributed by atoms with Crippen LogP contribution in [0.3, 0.4) is 0 Å². The van der Waals surface area contributed by atoms with Gasteiger partial charge < -0.3 is 15.4 Å². The molecule has 2 aromatic rings. The molecule has 0 spiro atoms. The molecular weight excluding hydrogens is 235 g/mol. The Morgan fingerprint density at radius 3 is 2.83 bits per heavy atom. The number of nitrogens with one attached hydrogen (secondary N) is 2. The first kappa shape index (κ1) is 12.6. The number of H-pyrrole nitrogens is 1. The molecule has 1 amide bonds. The highest BCUT2D eigenvalue weighted by Gasteiger charge is 2.21. The van der Waals surface area contributed by atoms with Crippen molar-refractivity contribution in [2.75, 3.05) is 6.61 Å². The Morgan fingerprint density at radius 2 is 2.17 bits per heavy atom. The van der Waals surface area contributed by atoms with Crippen LogP contribution in [-0.2, 0) is 0 Å². The van der Waals surface area contributed by atoms with Gasteiger partial charge in [0.1, 0.15) is 11.5 Å². The van der Waals surface area contributed by atoms with Crippen LogP contribution in [0.2, 0.25) is 0 Å². The number of hydrogen-bond donors (Lipinski definition) is 3. The third-order valence-electron chi connectivity index (χ3n) is 2.67. The fraction of sp³-hybridized carbons (Fsp3) is 0.308. The van der Waals surface area contributed by atoms with Crippen LogP contribution in [-0.4, -0.2) is 28.1 Å². The number of aromatic amines is 1. The zero-order chi connectivity index (χ0) is 13.3. The van der Waals surface area contributed by atoms with Gasteiger partial charge in [-0.25, -0.2) is 4.39 Å². The zero-order valence-electron chi connectivity index (χ0n) is 10.2. The fourth-order valence-electron chi connectivity index (χ4n) is 1.64. The van der Waals surface area contributed by atoms with Crippen molar-refractivity contribution < 1.29 is 14.3 Å². The smallest absolute Gasteiger partial charge is 0.268 e. The minimum Gasteiger partial charge on any atom is -0.394 e. The van der Waals surface area contributed by atoms with Gasteiger partial charge in [-0.05, 0) is 38.1 Å². The van der Waals surface area contributed by atoms with Crippen LogP contribution >= 0.6 is 0 Å². The third-order valence-corrected chi connectivity index (χ3v) is 2.67. The molecule has 0 fully saturated rings. The molecule has 0 saturated heterocycles. The summed E-state index contributed by atoms with van der Waals surface area (Å²) in [4.78, 5) is 14.8. The maximum Gasteiger partial charge on any atom is 0.268 e. The van der Waals surface area contributed by atoms with Gasteiger partial charge in [0.05, 0.1) is 12.1 Å². The number of aromatic nitrogens is 1. The number of aliphatic hydroxyl groups excluding tert-OH is 1. The lowest BCUT2D eigenvalue weighted by molar-refractivity contribution is 0.0865. The summed E-state index contributed by atoms with van der Waals surface area (Å²) in [5.74, 6) is -0.671. The second kappa shape index (κ2) is 4.42. The molecule has 96 valence electrons. The van der Waals surface area contributed by atoms with E-state index in [4.69, 9.17) is 5.11 Å². The summed E-state index contributed by atoms with van der Waals surface area (Å²) in [6.07, 6.45) is 0. The first-order valence-corrected chi connectivity index (χ1v) is 5.63. The maximum absolute atomic E-state index is 13.0. The van der Waals surface area contributed by atoms with Gasteiger partial charge in [-0.1, -0.05) is 0 Å². The van der Waals surface area contributed by atoms with Gasteiger partial charge in [0.15, 0.2) is 0 Å². The van der Waals surface area contributed by atoms with E-state index in [2.05, 4.69) is 10.3 Å². The van der Waals surface area contributed by atoms with E-state index < -0.39 is 5.54 Å². The van der Waals surface area contributed by atoms with E-state index in [1.807, 2.05) is 0 Å². The van der Waals surface area contributed by atoms with E-state index in [1.165, 1.54) is 12.1 Å². The van der Waals surface area contributed by atoms with E-state index in [0.717, 1.165) is 0 Å². The van der Waals surface area contributed by atoms with E-state index in [1.54, 1.807) is 26.0 Å². The van der Waals surface area contributed by atoms with Gasteiger partial charge in [-0.3, -0.25) is 4.79 Å². The standard InChI is InChI=1S/C13H15FN2O2/c1-13(2,7-17)16-12(18)11-6-8-5-9(14)3-4-10(8)15-11/h3-6,15,17H,7H2,1-2H3,(H,16,18). The molecule has 0 radical (unpaired) electrons. The van der Waals surface area contributed by atoms with Crippen LogP contribution in [0, 0.1) is 5.82 Å². The highest BCUT2D eigenvalue weighted by Crippen LogP contribution is 2.17. The number of fused-ring (bicyclic) bond motifs is 1. The summed E-state index contributed by atoms with van der Waals surface area (Å²) in [7, 11) is 0. The van der Waals surface area contributed by atoms with E-state index in [9.17, 15) is 9.18 Å². The van der Waals surface area contributed by atoms with Crippen LogP contribution in [0.5, 0.6) is 0 Å². The van der Waals surface area contributed by atoms with Gasteiger partial charge in [-0.15, -0.1) is 0 Å². The average Bonchev–Trinajstić information content (AvgIpc) is 2.71. The Morgan fingerprint density at radius 1 is 1.44 bits per heavy atom. The highest BCUT2D eigenvalue weighted by atomic mass is 19.1. The Kier molecular flexibility index (Phi) is 3.09. The predicted molar refractivity (Wildman–Crippen MR) is 66.9 cm³/mol. The molecule has 1 aromatic carbocycles. The molecule has 18 heavy (non-hydrogen) atoms. The summed E-state index contributed by atoms with van der Waals surface area (Å²) in [6.45, 7) is 3.27. The van der Waals surface area contributed by atoms with E-state index >= 15 is 0 Å². The first-order chi connectivity index (χ1) is 8.41. The molecule has 0 aliphatic heterocycles. The van der Waals surface area contributed by atoms with Gasteiger partial charge in [0, 0.05) is 10.9 Å². The molecular formula is C13H15FN2O2. The zero-order valence-corrected chi connectivity index (χ0v) is 10.2. The maximum atomic E-state index is 13.0. The van der Waals surface area contributed by atoms with Crippen LogP contribution in [0.1, 0.15) is 24.3 Å². The lowest BCUT2D eigenvalue weighted by Crippen LogP contribution is -2.46. The Bertz CT molecular complexity index is 590. The molecule has 0 unspecified atom stereocenters.